The van der Waals surface area contributed by atoms with Crippen molar-refractivity contribution in [1.82, 2.24) is 0 Å². The largest absolute Gasteiger partial charge is 0.220 e. The Bertz CT molecular complexity index is 255. The molecule has 0 radical (unpaired) electrons. The van der Waals surface area contributed by atoms with Crippen LogP contribution in [-0.4, -0.2) is 7.05 Å². The van der Waals surface area contributed by atoms with E-state index in [1.54, 1.807) is 19.2 Å². The number of benzene rings is 1. The molecule has 0 bridgehead atoms. The van der Waals surface area contributed by atoms with E-state index in [-0.39, 0.29) is 0 Å². The highest BCUT2D eigenvalue weighted by Crippen LogP contribution is 2.18. The first-order valence-corrected chi connectivity index (χ1v) is 3.43. The van der Waals surface area contributed by atoms with E-state index in [4.69, 9.17) is 0 Å². The lowest BCUT2D eigenvalue weighted by atomic mass is 10.3. The number of hydrogen-bond acceptors (Lipinski definition) is 4. The van der Waals surface area contributed by atoms with Crippen molar-refractivity contribution in [3.63, 3.8) is 0 Å². The summed E-state index contributed by atoms with van der Waals surface area (Å²) < 4.78 is 0. The lowest BCUT2D eigenvalue weighted by Gasteiger charge is -1.90. The first-order valence-electron chi connectivity index (χ1n) is 3.43. The molecule has 0 saturated heterocycles. The van der Waals surface area contributed by atoms with Crippen LogP contribution >= 0.6 is 0 Å². The summed E-state index contributed by atoms with van der Waals surface area (Å²) >= 11 is 0. The van der Waals surface area contributed by atoms with Gasteiger partial charge in [-0.15, -0.1) is 5.11 Å². The van der Waals surface area contributed by atoms with Crippen LogP contribution in [0.5, 0.6) is 0 Å². The van der Waals surface area contributed by atoms with Gasteiger partial charge in [0.1, 0.15) is 0 Å². The molecule has 0 fully saturated rings. The Morgan fingerprint density at radius 2 is 1.50 bits per heavy atom. The molecule has 0 unspecified atom stereocenters. The van der Waals surface area contributed by atoms with Gasteiger partial charge in [0, 0.05) is 12.2 Å². The van der Waals surface area contributed by atoms with E-state index in [2.05, 4.69) is 27.5 Å². The zero-order valence-electron chi connectivity index (χ0n) is 6.81. The molecule has 0 N–H and O–H groups in total. The molecule has 4 nitrogen and oxygen atoms in total. The van der Waals surface area contributed by atoms with Crippen molar-refractivity contribution < 1.29 is 0 Å². The summed E-state index contributed by atoms with van der Waals surface area (Å²) in [5, 5.41) is 14.6. The van der Waals surface area contributed by atoms with Gasteiger partial charge in [-0.2, -0.15) is 10.2 Å². The standard InChI is InChI=1S/C8H9N4/c1-9-11-7-3-5-8(6-4-7)12-10-2/h3-6H,1H2,2H3/q+1. The Morgan fingerprint density at radius 1 is 1.00 bits per heavy atom. The minimum atomic E-state index is 0.764. The first-order chi connectivity index (χ1) is 5.86. The van der Waals surface area contributed by atoms with Gasteiger partial charge in [-0.25, -0.2) is 0 Å². The number of nitrogens with zero attached hydrogens (tertiary/aromatic N) is 4. The normalized spacial score (nSPS) is 11.4. The third-order valence-electron chi connectivity index (χ3n) is 1.25. The number of hydrogen-bond donors (Lipinski definition) is 0. The van der Waals surface area contributed by atoms with Gasteiger partial charge in [0.25, 0.3) is 0 Å². The summed E-state index contributed by atoms with van der Waals surface area (Å²) in [6.45, 7) is 0. The quantitative estimate of drug-likeness (QED) is 0.472. The van der Waals surface area contributed by atoms with Crippen molar-refractivity contribution >= 4 is 11.4 Å². The van der Waals surface area contributed by atoms with E-state index < -0.39 is 0 Å². The predicted molar refractivity (Wildman–Crippen MR) is 46.8 cm³/mol. The van der Waals surface area contributed by atoms with Crippen LogP contribution in [0, 0.1) is 7.05 Å². The number of azo groups is 2. The Kier molecular flexibility index (Phi) is 2.95. The third kappa shape index (κ3) is 2.16. The Morgan fingerprint density at radius 3 is 1.92 bits per heavy atom. The minimum absolute atomic E-state index is 0.764. The molecule has 0 aliphatic rings. The Labute approximate surface area is 71.1 Å². The molecule has 4 heteroatoms. The van der Waals surface area contributed by atoms with E-state index in [0.717, 1.165) is 11.4 Å². The molecule has 0 atom stereocenters. The van der Waals surface area contributed by atoms with Crippen LogP contribution in [0.1, 0.15) is 0 Å². The third-order valence-corrected chi connectivity index (χ3v) is 1.25. The maximum Gasteiger partial charge on any atom is 0.220 e. The molecule has 1 rings (SSSR count). The van der Waals surface area contributed by atoms with E-state index >= 15 is 0 Å². The van der Waals surface area contributed by atoms with Crippen molar-refractivity contribution in [3.8, 4) is 0 Å². The molecule has 0 aromatic heterocycles. The van der Waals surface area contributed by atoms with Crippen molar-refractivity contribution in [1.29, 1.82) is 0 Å². The van der Waals surface area contributed by atoms with E-state index in [0.29, 0.717) is 0 Å². The topological polar surface area (TPSA) is 49.4 Å². The Hall–Kier alpha value is -1.71. The van der Waals surface area contributed by atoms with Gasteiger partial charge in [0.2, 0.25) is 7.05 Å². The van der Waals surface area contributed by atoms with Gasteiger partial charge >= 0.3 is 0 Å². The summed E-state index contributed by atoms with van der Waals surface area (Å²) in [5.41, 5.74) is 1.57. The molecule has 0 saturated carbocycles. The van der Waals surface area contributed by atoms with Crippen LogP contribution < -0.4 is 0 Å². The first kappa shape index (κ1) is 8.39. The molecule has 1 aromatic carbocycles. The molecular formula is C8H9N4+. The maximum atomic E-state index is 3.84. The lowest BCUT2D eigenvalue weighted by molar-refractivity contribution is 1.16. The van der Waals surface area contributed by atoms with Gasteiger partial charge < -0.3 is 0 Å². The van der Waals surface area contributed by atoms with Crippen molar-refractivity contribution in [3.05, 3.63) is 31.3 Å². The average molecular weight is 161 g/mol. The molecule has 12 heavy (non-hydrogen) atoms. The van der Waals surface area contributed by atoms with Gasteiger partial charge in [-0.05, 0) is 24.3 Å². The van der Waals surface area contributed by atoms with Crippen molar-refractivity contribution in [2.45, 2.75) is 0 Å². The van der Waals surface area contributed by atoms with Crippen LogP contribution in [-0.2, 0) is 0 Å². The van der Waals surface area contributed by atoms with E-state index in [1.807, 2.05) is 12.1 Å². The van der Waals surface area contributed by atoms with Crippen molar-refractivity contribution in [2.24, 2.45) is 20.5 Å². The summed E-state index contributed by atoms with van der Waals surface area (Å²) in [6.07, 6.45) is 0. The second kappa shape index (κ2) is 4.23. The lowest BCUT2D eigenvalue weighted by Crippen LogP contribution is -1.63. The fraction of sp³-hybridized carbons (Fsp3) is 0.125. The minimum Gasteiger partial charge on any atom is -0.192 e. The molecule has 0 amide bonds. The fourth-order valence-electron chi connectivity index (χ4n) is 0.783. The van der Waals surface area contributed by atoms with Gasteiger partial charge in [-0.3, -0.25) is 0 Å². The Balaban J connectivity index is 2.85. The highest BCUT2D eigenvalue weighted by Gasteiger charge is 1.90. The van der Waals surface area contributed by atoms with Gasteiger partial charge in [0.15, 0.2) is 0 Å². The van der Waals surface area contributed by atoms with Crippen LogP contribution in [0.4, 0.5) is 11.4 Å². The summed E-state index contributed by atoms with van der Waals surface area (Å²) in [5.74, 6) is 0. The van der Waals surface area contributed by atoms with Crippen LogP contribution in [0.3, 0.4) is 0 Å². The molecule has 0 spiro atoms. The second-order valence-corrected chi connectivity index (χ2v) is 2.06. The second-order valence-electron chi connectivity index (χ2n) is 2.06. The number of rotatable bonds is 2. The van der Waals surface area contributed by atoms with Gasteiger partial charge in [0.05, 0.1) is 11.4 Å². The zero-order valence-corrected chi connectivity index (χ0v) is 6.81. The van der Waals surface area contributed by atoms with Crippen molar-refractivity contribution in [2.75, 3.05) is 7.05 Å². The van der Waals surface area contributed by atoms with Crippen LogP contribution in [0.2, 0.25) is 0 Å². The summed E-state index contributed by atoms with van der Waals surface area (Å²) in [7, 11) is 4.88. The van der Waals surface area contributed by atoms with Crippen LogP contribution in [0.25, 0.3) is 0 Å². The molecule has 1 aromatic rings. The average Bonchev–Trinajstić information content (AvgIpc) is 2.09. The van der Waals surface area contributed by atoms with Crippen LogP contribution in [0.15, 0.2) is 44.7 Å². The maximum absolute atomic E-state index is 3.84. The van der Waals surface area contributed by atoms with E-state index in [1.165, 1.54) is 0 Å². The highest BCUT2D eigenvalue weighted by molar-refractivity contribution is 5.46. The highest BCUT2D eigenvalue weighted by atomic mass is 15.1. The molecule has 0 aliphatic heterocycles. The summed E-state index contributed by atoms with van der Waals surface area (Å²) in [4.78, 5) is 0. The van der Waals surface area contributed by atoms with E-state index in [9.17, 15) is 0 Å². The fourth-order valence-corrected chi connectivity index (χ4v) is 0.783. The molecule has 0 heterocycles. The molecular weight excluding hydrogens is 152 g/mol. The van der Waals surface area contributed by atoms with Gasteiger partial charge in [-0.1, -0.05) is 0 Å². The zero-order chi connectivity index (χ0) is 8.81. The summed E-state index contributed by atoms with van der Waals surface area (Å²) in [6, 6.07) is 7.24. The monoisotopic (exact) mass is 161 g/mol. The molecule has 0 aliphatic carbocycles. The SMILES string of the molecule is [CH2+]N=Nc1ccc(N=NC)cc1. The molecule has 60 valence electrons. The smallest absolute Gasteiger partial charge is 0.192 e. The predicted octanol–water partition coefficient (Wildman–Crippen LogP) is 3.28.